The summed E-state index contributed by atoms with van der Waals surface area (Å²) in [7, 11) is 1.64. The molecule has 92 valence electrons. The molecule has 4 nitrogen and oxygen atoms in total. The minimum atomic E-state index is 0.316. The molecule has 0 unspecified atom stereocenters. The number of hydrogen-bond acceptors (Lipinski definition) is 3. The van der Waals surface area contributed by atoms with E-state index in [1.54, 1.807) is 7.11 Å². The second kappa shape index (κ2) is 4.92. The highest BCUT2D eigenvalue weighted by atomic mass is 16.5. The monoisotopic (exact) mass is 241 g/mol. The lowest BCUT2D eigenvalue weighted by molar-refractivity contribution is 0.416. The molecule has 1 N–H and O–H groups in total. The number of nitriles is 1. The molecule has 0 saturated carbocycles. The number of benzene rings is 1. The molecule has 2 rings (SSSR count). The molecule has 0 aliphatic carbocycles. The lowest BCUT2D eigenvalue weighted by Gasteiger charge is -2.06. The van der Waals surface area contributed by atoms with Crippen LogP contribution in [-0.2, 0) is 6.42 Å². The summed E-state index contributed by atoms with van der Waals surface area (Å²) < 4.78 is 5.34. The molecule has 4 heteroatoms. The number of hydrogen-bond donors (Lipinski definition) is 1. The van der Waals surface area contributed by atoms with Gasteiger partial charge in [-0.25, -0.2) is 4.98 Å². The van der Waals surface area contributed by atoms with E-state index in [1.807, 2.05) is 32.0 Å². The Kier molecular flexibility index (Phi) is 3.33. The van der Waals surface area contributed by atoms with Crippen molar-refractivity contribution < 1.29 is 4.74 Å². The van der Waals surface area contributed by atoms with E-state index >= 15 is 0 Å². The SMILES string of the molecule is COc1ccc(C)cc1-c1nc(CC#N)c(C)[nH]1. The van der Waals surface area contributed by atoms with E-state index in [4.69, 9.17) is 10.00 Å². The Hall–Kier alpha value is -2.28. The highest BCUT2D eigenvalue weighted by molar-refractivity contribution is 5.65. The van der Waals surface area contributed by atoms with Crippen LogP contribution in [0.15, 0.2) is 18.2 Å². The van der Waals surface area contributed by atoms with Crippen molar-refractivity contribution in [1.82, 2.24) is 9.97 Å². The van der Waals surface area contributed by atoms with Gasteiger partial charge in [-0.1, -0.05) is 11.6 Å². The second-order valence-corrected chi connectivity index (χ2v) is 4.20. The summed E-state index contributed by atoms with van der Waals surface area (Å²) >= 11 is 0. The third-order valence-electron chi connectivity index (χ3n) is 2.84. The number of H-pyrrole nitrogens is 1. The normalized spacial score (nSPS) is 10.1. The molecule has 0 amide bonds. The van der Waals surface area contributed by atoms with Crippen molar-refractivity contribution in [2.24, 2.45) is 0 Å². The van der Waals surface area contributed by atoms with Crippen LogP contribution < -0.4 is 4.74 Å². The molecule has 0 saturated heterocycles. The maximum Gasteiger partial charge on any atom is 0.141 e. The summed E-state index contributed by atoms with van der Waals surface area (Å²) in [5.41, 5.74) is 3.78. The van der Waals surface area contributed by atoms with E-state index in [1.165, 1.54) is 0 Å². The number of imidazole rings is 1. The Morgan fingerprint density at radius 2 is 2.17 bits per heavy atom. The van der Waals surface area contributed by atoms with Crippen LogP contribution in [0, 0.1) is 25.2 Å². The van der Waals surface area contributed by atoms with Crippen LogP contribution in [0.1, 0.15) is 17.0 Å². The fourth-order valence-electron chi connectivity index (χ4n) is 1.88. The summed E-state index contributed by atoms with van der Waals surface area (Å²) in [6.07, 6.45) is 0.316. The number of aromatic nitrogens is 2. The average Bonchev–Trinajstić information content (AvgIpc) is 2.71. The average molecular weight is 241 g/mol. The van der Waals surface area contributed by atoms with E-state index in [0.717, 1.165) is 34.1 Å². The Morgan fingerprint density at radius 1 is 1.39 bits per heavy atom. The molecule has 1 aromatic heterocycles. The first-order chi connectivity index (χ1) is 8.65. The standard InChI is InChI=1S/C14H15N3O/c1-9-4-5-13(18-3)11(8-9)14-16-10(2)12(17-14)6-7-15/h4-5,8H,6H2,1-3H3,(H,16,17). The molecular weight excluding hydrogens is 226 g/mol. The van der Waals surface area contributed by atoms with Gasteiger partial charge in [0.2, 0.25) is 0 Å². The van der Waals surface area contributed by atoms with Gasteiger partial charge in [0.05, 0.1) is 30.9 Å². The van der Waals surface area contributed by atoms with E-state index in [2.05, 4.69) is 16.0 Å². The first-order valence-electron chi connectivity index (χ1n) is 5.73. The van der Waals surface area contributed by atoms with Gasteiger partial charge in [-0.05, 0) is 26.0 Å². The summed E-state index contributed by atoms with van der Waals surface area (Å²) in [4.78, 5) is 7.67. The van der Waals surface area contributed by atoms with Gasteiger partial charge < -0.3 is 9.72 Å². The number of rotatable bonds is 3. The van der Waals surface area contributed by atoms with Gasteiger partial charge in [0, 0.05) is 5.69 Å². The van der Waals surface area contributed by atoms with E-state index in [-0.39, 0.29) is 0 Å². The van der Waals surface area contributed by atoms with Gasteiger partial charge in [0.1, 0.15) is 11.6 Å². The predicted octanol–water partition coefficient (Wildman–Crippen LogP) is 2.77. The molecule has 0 atom stereocenters. The molecule has 0 spiro atoms. The fourth-order valence-corrected chi connectivity index (χ4v) is 1.88. The maximum atomic E-state index is 8.74. The molecular formula is C14H15N3O. The second-order valence-electron chi connectivity index (χ2n) is 4.20. The number of aryl methyl sites for hydroxylation is 2. The topological polar surface area (TPSA) is 61.7 Å². The van der Waals surface area contributed by atoms with Crippen molar-refractivity contribution >= 4 is 0 Å². The largest absolute Gasteiger partial charge is 0.496 e. The smallest absolute Gasteiger partial charge is 0.141 e. The van der Waals surface area contributed by atoms with Gasteiger partial charge in [0.15, 0.2) is 0 Å². The summed E-state index contributed by atoms with van der Waals surface area (Å²) in [6, 6.07) is 8.05. The first kappa shape index (κ1) is 12.2. The number of nitrogens with one attached hydrogen (secondary N) is 1. The Labute approximate surface area is 106 Å². The number of nitrogens with zero attached hydrogens (tertiary/aromatic N) is 2. The van der Waals surface area contributed by atoms with Crippen molar-refractivity contribution in [3.8, 4) is 23.2 Å². The van der Waals surface area contributed by atoms with Crippen molar-refractivity contribution in [3.05, 3.63) is 35.2 Å². The van der Waals surface area contributed by atoms with Crippen molar-refractivity contribution in [1.29, 1.82) is 5.26 Å². The van der Waals surface area contributed by atoms with E-state index in [0.29, 0.717) is 6.42 Å². The zero-order valence-electron chi connectivity index (χ0n) is 10.7. The van der Waals surface area contributed by atoms with Crippen LogP contribution in [-0.4, -0.2) is 17.1 Å². The minimum Gasteiger partial charge on any atom is -0.496 e. The number of aromatic amines is 1. The molecule has 0 aliphatic heterocycles. The van der Waals surface area contributed by atoms with Crippen LogP contribution in [0.25, 0.3) is 11.4 Å². The maximum absolute atomic E-state index is 8.74. The molecule has 0 aliphatic rings. The molecule has 2 aromatic rings. The van der Waals surface area contributed by atoms with Gasteiger partial charge in [-0.3, -0.25) is 0 Å². The summed E-state index contributed by atoms with van der Waals surface area (Å²) in [5.74, 6) is 1.52. The number of methoxy groups -OCH3 is 1. The lowest BCUT2D eigenvalue weighted by Crippen LogP contribution is -1.90. The van der Waals surface area contributed by atoms with Crippen LogP contribution >= 0.6 is 0 Å². The van der Waals surface area contributed by atoms with Gasteiger partial charge in [0.25, 0.3) is 0 Å². The first-order valence-corrected chi connectivity index (χ1v) is 5.73. The van der Waals surface area contributed by atoms with E-state index in [9.17, 15) is 0 Å². The highest BCUT2D eigenvalue weighted by Crippen LogP contribution is 2.29. The Morgan fingerprint density at radius 3 is 2.83 bits per heavy atom. The zero-order chi connectivity index (χ0) is 13.1. The summed E-state index contributed by atoms with van der Waals surface area (Å²) in [6.45, 7) is 3.94. The predicted molar refractivity (Wildman–Crippen MR) is 69.4 cm³/mol. The summed E-state index contributed by atoms with van der Waals surface area (Å²) in [5, 5.41) is 8.74. The van der Waals surface area contributed by atoms with Crippen LogP contribution in [0.3, 0.4) is 0 Å². The highest BCUT2D eigenvalue weighted by Gasteiger charge is 2.12. The third kappa shape index (κ3) is 2.21. The Bertz CT molecular complexity index is 608. The van der Waals surface area contributed by atoms with Crippen LogP contribution in [0.5, 0.6) is 5.75 Å². The minimum absolute atomic E-state index is 0.316. The molecule has 0 radical (unpaired) electrons. The third-order valence-corrected chi connectivity index (χ3v) is 2.84. The molecule has 18 heavy (non-hydrogen) atoms. The van der Waals surface area contributed by atoms with E-state index < -0.39 is 0 Å². The van der Waals surface area contributed by atoms with Gasteiger partial charge >= 0.3 is 0 Å². The van der Waals surface area contributed by atoms with Crippen LogP contribution in [0.4, 0.5) is 0 Å². The molecule has 1 heterocycles. The zero-order valence-corrected chi connectivity index (χ0v) is 10.7. The number of ether oxygens (including phenoxy) is 1. The fraction of sp³-hybridized carbons (Fsp3) is 0.286. The Balaban J connectivity index is 2.51. The molecule has 0 bridgehead atoms. The van der Waals surface area contributed by atoms with Gasteiger partial charge in [-0.2, -0.15) is 5.26 Å². The van der Waals surface area contributed by atoms with Gasteiger partial charge in [-0.15, -0.1) is 0 Å². The quantitative estimate of drug-likeness (QED) is 0.898. The van der Waals surface area contributed by atoms with Crippen molar-refractivity contribution in [3.63, 3.8) is 0 Å². The van der Waals surface area contributed by atoms with Crippen LogP contribution in [0.2, 0.25) is 0 Å². The molecule has 1 aromatic carbocycles. The van der Waals surface area contributed by atoms with Crippen molar-refractivity contribution in [2.75, 3.05) is 7.11 Å². The lowest BCUT2D eigenvalue weighted by atomic mass is 10.1. The molecule has 0 fully saturated rings. The van der Waals surface area contributed by atoms with Crippen molar-refractivity contribution in [2.45, 2.75) is 20.3 Å².